The minimum Gasteiger partial charge on any atom is -0.378 e. The zero-order valence-corrected chi connectivity index (χ0v) is 15.6. The average molecular weight is 381 g/mol. The first kappa shape index (κ1) is 18.8. The summed E-state index contributed by atoms with van der Waals surface area (Å²) in [5.74, 6) is -0.238. The molecular weight excluding hydrogens is 356 g/mol. The van der Waals surface area contributed by atoms with Gasteiger partial charge in [-0.25, -0.2) is 0 Å². The standard InChI is InChI=1S/C18H25ClN4O3/c19-14-3-4-16(22-7-9-26-10-8-22)15(11-14)20-12-17(24)21-13-18(25)23-5-1-2-6-23/h3-4,11,20H,1-2,5-10,12-13H2,(H,21,24). The van der Waals surface area contributed by atoms with E-state index in [0.29, 0.717) is 18.2 Å². The number of carbonyl (C=O) groups excluding carboxylic acids is 2. The third-order valence-electron chi connectivity index (χ3n) is 4.65. The van der Waals surface area contributed by atoms with Crippen molar-refractivity contribution in [2.75, 3.05) is 62.7 Å². The average Bonchev–Trinajstić information content (AvgIpc) is 3.20. The first-order chi connectivity index (χ1) is 12.6. The van der Waals surface area contributed by atoms with Gasteiger partial charge in [0.25, 0.3) is 0 Å². The van der Waals surface area contributed by atoms with Crippen molar-refractivity contribution in [3.63, 3.8) is 0 Å². The molecule has 2 N–H and O–H groups in total. The van der Waals surface area contributed by atoms with Gasteiger partial charge in [0.2, 0.25) is 11.8 Å². The van der Waals surface area contributed by atoms with Gasteiger partial charge in [-0.05, 0) is 31.0 Å². The minimum atomic E-state index is -0.217. The van der Waals surface area contributed by atoms with Crippen molar-refractivity contribution in [3.05, 3.63) is 23.2 Å². The molecule has 26 heavy (non-hydrogen) atoms. The number of nitrogens with zero attached hydrogens (tertiary/aromatic N) is 2. The minimum absolute atomic E-state index is 0.0207. The third-order valence-corrected chi connectivity index (χ3v) is 4.88. The second-order valence-electron chi connectivity index (χ2n) is 6.48. The van der Waals surface area contributed by atoms with Gasteiger partial charge < -0.3 is 25.2 Å². The topological polar surface area (TPSA) is 73.9 Å². The molecule has 2 aliphatic rings. The Morgan fingerprint density at radius 2 is 1.81 bits per heavy atom. The number of anilines is 2. The first-order valence-electron chi connectivity index (χ1n) is 9.04. The Balaban J connectivity index is 1.52. The van der Waals surface area contributed by atoms with Crippen LogP contribution in [0, 0.1) is 0 Å². The van der Waals surface area contributed by atoms with E-state index in [4.69, 9.17) is 16.3 Å². The summed E-state index contributed by atoms with van der Waals surface area (Å²) >= 11 is 6.11. The van der Waals surface area contributed by atoms with E-state index in [1.807, 2.05) is 18.2 Å². The van der Waals surface area contributed by atoms with E-state index in [-0.39, 0.29) is 24.9 Å². The van der Waals surface area contributed by atoms with Crippen molar-refractivity contribution < 1.29 is 14.3 Å². The molecule has 0 unspecified atom stereocenters. The Hall–Kier alpha value is -1.99. The van der Waals surface area contributed by atoms with Crippen LogP contribution in [0.4, 0.5) is 11.4 Å². The van der Waals surface area contributed by atoms with Crippen LogP contribution >= 0.6 is 11.6 Å². The van der Waals surface area contributed by atoms with Gasteiger partial charge in [-0.2, -0.15) is 0 Å². The zero-order valence-electron chi connectivity index (χ0n) is 14.8. The first-order valence-corrected chi connectivity index (χ1v) is 9.42. The summed E-state index contributed by atoms with van der Waals surface area (Å²) in [6.45, 7) is 4.68. The summed E-state index contributed by atoms with van der Waals surface area (Å²) in [5, 5.41) is 6.43. The zero-order chi connectivity index (χ0) is 18.4. The lowest BCUT2D eigenvalue weighted by Gasteiger charge is -2.30. The van der Waals surface area contributed by atoms with Gasteiger partial charge in [0.05, 0.1) is 37.7 Å². The lowest BCUT2D eigenvalue weighted by molar-refractivity contribution is -0.131. The van der Waals surface area contributed by atoms with E-state index in [0.717, 1.165) is 50.4 Å². The van der Waals surface area contributed by atoms with Crippen LogP contribution in [0.15, 0.2) is 18.2 Å². The summed E-state index contributed by atoms with van der Waals surface area (Å²) < 4.78 is 5.39. The molecule has 0 aliphatic carbocycles. The van der Waals surface area contributed by atoms with E-state index < -0.39 is 0 Å². The largest absolute Gasteiger partial charge is 0.378 e. The summed E-state index contributed by atoms with van der Waals surface area (Å²) in [6.07, 6.45) is 2.08. The van der Waals surface area contributed by atoms with Gasteiger partial charge >= 0.3 is 0 Å². The number of likely N-dealkylation sites (tertiary alicyclic amines) is 1. The van der Waals surface area contributed by atoms with Crippen molar-refractivity contribution in [3.8, 4) is 0 Å². The highest BCUT2D eigenvalue weighted by Gasteiger charge is 2.19. The number of carbonyl (C=O) groups is 2. The lowest BCUT2D eigenvalue weighted by Crippen LogP contribution is -2.40. The van der Waals surface area contributed by atoms with Gasteiger partial charge in [-0.15, -0.1) is 0 Å². The van der Waals surface area contributed by atoms with Crippen LogP contribution in [0.1, 0.15) is 12.8 Å². The lowest BCUT2D eigenvalue weighted by atomic mass is 10.2. The van der Waals surface area contributed by atoms with Crippen molar-refractivity contribution in [2.24, 2.45) is 0 Å². The number of nitrogens with one attached hydrogen (secondary N) is 2. The van der Waals surface area contributed by atoms with Crippen LogP contribution in [-0.2, 0) is 14.3 Å². The molecule has 2 amide bonds. The molecule has 0 saturated carbocycles. The Morgan fingerprint density at radius 3 is 2.54 bits per heavy atom. The quantitative estimate of drug-likeness (QED) is 0.778. The third kappa shape index (κ3) is 5.02. The molecule has 3 rings (SSSR count). The number of rotatable bonds is 6. The van der Waals surface area contributed by atoms with E-state index in [2.05, 4.69) is 15.5 Å². The highest BCUT2D eigenvalue weighted by molar-refractivity contribution is 6.31. The Bertz CT molecular complexity index is 643. The SMILES string of the molecule is O=C(CNc1cc(Cl)ccc1N1CCOCC1)NCC(=O)N1CCCC1. The summed E-state index contributed by atoms with van der Waals surface area (Å²) in [4.78, 5) is 28.1. The molecule has 0 aromatic heterocycles. The molecule has 1 aromatic carbocycles. The molecule has 142 valence electrons. The molecule has 7 nitrogen and oxygen atoms in total. The molecule has 1 aromatic rings. The summed E-state index contributed by atoms with van der Waals surface area (Å²) in [5.41, 5.74) is 1.80. The number of ether oxygens (including phenoxy) is 1. The predicted octanol–water partition coefficient (Wildman–Crippen LogP) is 1.33. The molecule has 2 saturated heterocycles. The molecule has 2 fully saturated rings. The highest BCUT2D eigenvalue weighted by atomic mass is 35.5. The fraction of sp³-hybridized carbons (Fsp3) is 0.556. The highest BCUT2D eigenvalue weighted by Crippen LogP contribution is 2.29. The summed E-state index contributed by atoms with van der Waals surface area (Å²) in [6, 6.07) is 5.60. The van der Waals surface area contributed by atoms with E-state index in [9.17, 15) is 9.59 Å². The van der Waals surface area contributed by atoms with Crippen LogP contribution < -0.4 is 15.5 Å². The van der Waals surface area contributed by atoms with Crippen LogP contribution in [0.5, 0.6) is 0 Å². The number of hydrogen-bond acceptors (Lipinski definition) is 5. The van der Waals surface area contributed by atoms with E-state index >= 15 is 0 Å². The monoisotopic (exact) mass is 380 g/mol. The fourth-order valence-electron chi connectivity index (χ4n) is 3.22. The number of halogens is 1. The van der Waals surface area contributed by atoms with Crippen LogP contribution in [-0.4, -0.2) is 69.2 Å². The van der Waals surface area contributed by atoms with Gasteiger partial charge in [0, 0.05) is 31.2 Å². The summed E-state index contributed by atoms with van der Waals surface area (Å²) in [7, 11) is 0. The van der Waals surface area contributed by atoms with Crippen LogP contribution in [0.25, 0.3) is 0 Å². The molecule has 8 heteroatoms. The van der Waals surface area contributed by atoms with Crippen molar-refractivity contribution >= 4 is 34.8 Å². The molecule has 0 spiro atoms. The van der Waals surface area contributed by atoms with Gasteiger partial charge in [-0.3, -0.25) is 9.59 Å². The number of morpholine rings is 1. The van der Waals surface area contributed by atoms with E-state index in [1.165, 1.54) is 0 Å². The van der Waals surface area contributed by atoms with Crippen molar-refractivity contribution in [1.29, 1.82) is 0 Å². The fourth-order valence-corrected chi connectivity index (χ4v) is 3.39. The maximum absolute atomic E-state index is 12.1. The van der Waals surface area contributed by atoms with Crippen molar-refractivity contribution in [2.45, 2.75) is 12.8 Å². The normalized spacial score (nSPS) is 17.3. The smallest absolute Gasteiger partial charge is 0.241 e. The molecule has 2 heterocycles. The molecule has 0 radical (unpaired) electrons. The van der Waals surface area contributed by atoms with Gasteiger partial charge in [0.1, 0.15) is 0 Å². The van der Waals surface area contributed by atoms with Gasteiger partial charge in [0.15, 0.2) is 0 Å². The Morgan fingerprint density at radius 1 is 1.08 bits per heavy atom. The predicted molar refractivity (Wildman–Crippen MR) is 102 cm³/mol. The maximum atomic E-state index is 12.1. The molecule has 2 aliphatic heterocycles. The molecule has 0 bridgehead atoms. The molecular formula is C18H25ClN4O3. The second kappa shape index (κ2) is 9.09. The number of amides is 2. The van der Waals surface area contributed by atoms with Gasteiger partial charge in [-0.1, -0.05) is 11.6 Å². The Kier molecular flexibility index (Phi) is 6.57. The van der Waals surface area contributed by atoms with E-state index in [1.54, 1.807) is 4.90 Å². The van der Waals surface area contributed by atoms with Crippen molar-refractivity contribution in [1.82, 2.24) is 10.2 Å². The maximum Gasteiger partial charge on any atom is 0.241 e. The molecule has 0 atom stereocenters. The van der Waals surface area contributed by atoms with Crippen LogP contribution in [0.2, 0.25) is 5.02 Å². The number of benzene rings is 1. The number of hydrogen-bond donors (Lipinski definition) is 2. The second-order valence-corrected chi connectivity index (χ2v) is 6.92. The van der Waals surface area contributed by atoms with Crippen LogP contribution in [0.3, 0.4) is 0 Å². The Labute approximate surface area is 158 Å².